The standard InChI is InChI=1S/C22H22ClN3O/c1-14(27)12-15-8-10-18(11-9-15)24-22-19-6-3-7-20(19)25-21(26-22)16-4-2-5-17(23)13-16/h2,4-5,8-11,13-14,27H,3,6-7,12H2,1H3,(H,24,25,26)/t14-/m1/s1. The molecule has 0 saturated carbocycles. The minimum Gasteiger partial charge on any atom is -0.393 e. The van der Waals surface area contributed by atoms with Crippen molar-refractivity contribution in [3.05, 3.63) is 70.4 Å². The molecule has 1 atom stereocenters. The van der Waals surface area contributed by atoms with Crippen molar-refractivity contribution in [1.29, 1.82) is 0 Å². The van der Waals surface area contributed by atoms with E-state index in [1.54, 1.807) is 6.92 Å². The Morgan fingerprint density at radius 3 is 2.67 bits per heavy atom. The van der Waals surface area contributed by atoms with E-state index in [0.717, 1.165) is 47.6 Å². The summed E-state index contributed by atoms with van der Waals surface area (Å²) in [5, 5.41) is 13.7. The number of nitrogens with one attached hydrogen (secondary N) is 1. The van der Waals surface area contributed by atoms with Crippen molar-refractivity contribution in [3.63, 3.8) is 0 Å². The van der Waals surface area contributed by atoms with Crippen molar-refractivity contribution in [3.8, 4) is 11.4 Å². The van der Waals surface area contributed by atoms with Gasteiger partial charge in [0.15, 0.2) is 5.82 Å². The lowest BCUT2D eigenvalue weighted by Gasteiger charge is -2.13. The Balaban J connectivity index is 1.66. The van der Waals surface area contributed by atoms with E-state index >= 15 is 0 Å². The molecule has 1 aliphatic rings. The van der Waals surface area contributed by atoms with Gasteiger partial charge in [-0.2, -0.15) is 0 Å². The lowest BCUT2D eigenvalue weighted by Crippen LogP contribution is -2.05. The molecule has 4 rings (SSSR count). The van der Waals surface area contributed by atoms with Gasteiger partial charge in [-0.1, -0.05) is 35.9 Å². The number of aliphatic hydroxyl groups excluding tert-OH is 1. The number of fused-ring (bicyclic) bond motifs is 1. The van der Waals surface area contributed by atoms with Gasteiger partial charge in [0.25, 0.3) is 0 Å². The first kappa shape index (κ1) is 18.0. The smallest absolute Gasteiger partial charge is 0.161 e. The second-order valence-electron chi connectivity index (χ2n) is 7.06. The van der Waals surface area contributed by atoms with Crippen LogP contribution in [0.1, 0.15) is 30.2 Å². The molecule has 138 valence electrons. The summed E-state index contributed by atoms with van der Waals surface area (Å²) in [4.78, 5) is 9.58. The van der Waals surface area contributed by atoms with Crippen molar-refractivity contribution in [1.82, 2.24) is 9.97 Å². The van der Waals surface area contributed by atoms with Crippen LogP contribution in [0.5, 0.6) is 0 Å². The third kappa shape index (κ3) is 4.12. The van der Waals surface area contributed by atoms with Gasteiger partial charge in [0.05, 0.1) is 6.10 Å². The molecule has 1 heterocycles. The van der Waals surface area contributed by atoms with E-state index in [2.05, 4.69) is 5.32 Å². The summed E-state index contributed by atoms with van der Waals surface area (Å²) < 4.78 is 0. The highest BCUT2D eigenvalue weighted by molar-refractivity contribution is 6.30. The SMILES string of the molecule is C[C@@H](O)Cc1ccc(Nc2nc(-c3cccc(Cl)c3)nc3c2CCC3)cc1. The summed E-state index contributed by atoms with van der Waals surface area (Å²) in [6.45, 7) is 1.80. The number of anilines is 2. The molecule has 2 N–H and O–H groups in total. The first-order valence-electron chi connectivity index (χ1n) is 9.28. The number of benzene rings is 2. The Morgan fingerprint density at radius 2 is 1.93 bits per heavy atom. The van der Waals surface area contributed by atoms with Crippen molar-refractivity contribution < 1.29 is 5.11 Å². The molecule has 0 aliphatic heterocycles. The summed E-state index contributed by atoms with van der Waals surface area (Å²) in [6.07, 6.45) is 3.39. The van der Waals surface area contributed by atoms with Gasteiger partial charge in [0, 0.05) is 27.5 Å². The highest BCUT2D eigenvalue weighted by Gasteiger charge is 2.20. The van der Waals surface area contributed by atoms with Crippen molar-refractivity contribution in [2.24, 2.45) is 0 Å². The van der Waals surface area contributed by atoms with Crippen LogP contribution in [0.3, 0.4) is 0 Å². The largest absolute Gasteiger partial charge is 0.393 e. The molecule has 5 heteroatoms. The summed E-state index contributed by atoms with van der Waals surface area (Å²) in [5.74, 6) is 1.57. The van der Waals surface area contributed by atoms with Gasteiger partial charge in [0.2, 0.25) is 0 Å². The van der Waals surface area contributed by atoms with E-state index in [9.17, 15) is 5.11 Å². The lowest BCUT2D eigenvalue weighted by atomic mass is 10.1. The summed E-state index contributed by atoms with van der Waals surface area (Å²) in [7, 11) is 0. The Morgan fingerprint density at radius 1 is 1.11 bits per heavy atom. The molecular weight excluding hydrogens is 358 g/mol. The first-order valence-corrected chi connectivity index (χ1v) is 9.66. The van der Waals surface area contributed by atoms with Crippen LogP contribution < -0.4 is 5.32 Å². The molecule has 3 aromatic rings. The fraction of sp³-hybridized carbons (Fsp3) is 0.273. The van der Waals surface area contributed by atoms with Gasteiger partial charge in [-0.3, -0.25) is 0 Å². The molecule has 0 bridgehead atoms. The Bertz CT molecular complexity index is 954. The Labute approximate surface area is 164 Å². The highest BCUT2D eigenvalue weighted by Crippen LogP contribution is 2.31. The normalized spacial score (nSPS) is 14.0. The van der Waals surface area contributed by atoms with Gasteiger partial charge in [-0.25, -0.2) is 9.97 Å². The van der Waals surface area contributed by atoms with Gasteiger partial charge in [-0.15, -0.1) is 0 Å². The molecule has 0 spiro atoms. The second kappa shape index (κ2) is 7.67. The predicted molar refractivity (Wildman–Crippen MR) is 110 cm³/mol. The molecular formula is C22H22ClN3O. The highest BCUT2D eigenvalue weighted by atomic mass is 35.5. The molecule has 0 unspecified atom stereocenters. The predicted octanol–water partition coefficient (Wildman–Crippen LogP) is 4.95. The van der Waals surface area contributed by atoms with Crippen LogP contribution in [0.2, 0.25) is 5.02 Å². The van der Waals surface area contributed by atoms with Crippen LogP contribution in [0.25, 0.3) is 11.4 Å². The number of nitrogens with zero attached hydrogens (tertiary/aromatic N) is 2. The molecule has 0 amide bonds. The second-order valence-corrected chi connectivity index (χ2v) is 7.50. The maximum atomic E-state index is 9.53. The average molecular weight is 380 g/mol. The van der Waals surface area contributed by atoms with Crippen molar-refractivity contribution in [2.75, 3.05) is 5.32 Å². The van der Waals surface area contributed by atoms with E-state index in [4.69, 9.17) is 21.6 Å². The van der Waals surface area contributed by atoms with E-state index < -0.39 is 0 Å². The van der Waals surface area contributed by atoms with E-state index in [1.807, 2.05) is 48.5 Å². The molecule has 0 fully saturated rings. The average Bonchev–Trinajstić information content (AvgIpc) is 3.12. The number of hydrogen-bond donors (Lipinski definition) is 2. The van der Waals surface area contributed by atoms with Crippen LogP contribution in [-0.4, -0.2) is 21.2 Å². The monoisotopic (exact) mass is 379 g/mol. The topological polar surface area (TPSA) is 58.0 Å². The number of rotatable bonds is 5. The molecule has 27 heavy (non-hydrogen) atoms. The quantitative estimate of drug-likeness (QED) is 0.658. The fourth-order valence-corrected chi connectivity index (χ4v) is 3.68. The molecule has 2 aromatic carbocycles. The Hall–Kier alpha value is -2.43. The zero-order valence-corrected chi connectivity index (χ0v) is 16.0. The third-order valence-corrected chi connectivity index (χ3v) is 5.00. The maximum Gasteiger partial charge on any atom is 0.161 e. The molecule has 1 aromatic heterocycles. The number of aryl methyl sites for hydroxylation is 1. The van der Waals surface area contributed by atoms with Crippen LogP contribution in [0, 0.1) is 0 Å². The molecule has 0 saturated heterocycles. The Kier molecular flexibility index (Phi) is 5.10. The lowest BCUT2D eigenvalue weighted by molar-refractivity contribution is 0.195. The first-order chi connectivity index (χ1) is 13.1. The van der Waals surface area contributed by atoms with Gasteiger partial charge in [-0.05, 0) is 62.4 Å². The van der Waals surface area contributed by atoms with Gasteiger partial charge >= 0.3 is 0 Å². The minimum atomic E-state index is -0.339. The number of aliphatic hydroxyl groups is 1. The third-order valence-electron chi connectivity index (χ3n) is 4.76. The van der Waals surface area contributed by atoms with Crippen LogP contribution in [0.4, 0.5) is 11.5 Å². The van der Waals surface area contributed by atoms with Gasteiger partial charge in [0.1, 0.15) is 5.82 Å². The van der Waals surface area contributed by atoms with Gasteiger partial charge < -0.3 is 10.4 Å². The van der Waals surface area contributed by atoms with Crippen LogP contribution in [-0.2, 0) is 19.3 Å². The fourth-order valence-electron chi connectivity index (χ4n) is 3.49. The van der Waals surface area contributed by atoms with Crippen LogP contribution >= 0.6 is 11.6 Å². The molecule has 0 radical (unpaired) electrons. The van der Waals surface area contributed by atoms with E-state index in [0.29, 0.717) is 17.3 Å². The van der Waals surface area contributed by atoms with E-state index in [-0.39, 0.29) is 6.10 Å². The summed E-state index contributed by atoms with van der Waals surface area (Å²) in [5.41, 5.74) is 5.34. The van der Waals surface area contributed by atoms with Crippen molar-refractivity contribution in [2.45, 2.75) is 38.7 Å². The summed E-state index contributed by atoms with van der Waals surface area (Å²) >= 11 is 6.14. The maximum absolute atomic E-state index is 9.53. The number of hydrogen-bond acceptors (Lipinski definition) is 4. The van der Waals surface area contributed by atoms with E-state index in [1.165, 1.54) is 5.56 Å². The zero-order chi connectivity index (χ0) is 18.8. The molecule has 4 nitrogen and oxygen atoms in total. The number of aromatic nitrogens is 2. The summed E-state index contributed by atoms with van der Waals surface area (Å²) in [6, 6.07) is 15.8. The zero-order valence-electron chi connectivity index (χ0n) is 15.2. The number of halogens is 1. The van der Waals surface area contributed by atoms with Crippen LogP contribution in [0.15, 0.2) is 48.5 Å². The van der Waals surface area contributed by atoms with Crippen molar-refractivity contribution >= 4 is 23.1 Å². The molecule has 1 aliphatic carbocycles. The minimum absolute atomic E-state index is 0.339.